The first-order valence-corrected chi connectivity index (χ1v) is 9.84. The van der Waals surface area contributed by atoms with Crippen molar-refractivity contribution in [1.29, 1.82) is 0 Å². The van der Waals surface area contributed by atoms with Crippen LogP contribution in [-0.2, 0) is 13.0 Å². The highest BCUT2D eigenvalue weighted by Gasteiger charge is 2.22. The van der Waals surface area contributed by atoms with Crippen molar-refractivity contribution >= 4 is 17.3 Å². The van der Waals surface area contributed by atoms with Crippen LogP contribution >= 0.6 is 11.6 Å². The van der Waals surface area contributed by atoms with Gasteiger partial charge in [0.1, 0.15) is 23.7 Å². The van der Waals surface area contributed by atoms with Crippen molar-refractivity contribution in [2.45, 2.75) is 45.6 Å². The fourth-order valence-electron chi connectivity index (χ4n) is 3.51. The summed E-state index contributed by atoms with van der Waals surface area (Å²) in [5.74, 6) is 0.802. The van der Waals surface area contributed by atoms with Gasteiger partial charge in [-0.1, -0.05) is 62.1 Å². The first-order valence-electron chi connectivity index (χ1n) is 9.47. The minimum Gasteiger partial charge on any atom is -0.282 e. The quantitative estimate of drug-likeness (QED) is 0.457. The third-order valence-electron chi connectivity index (χ3n) is 4.89. The van der Waals surface area contributed by atoms with Gasteiger partial charge < -0.3 is 0 Å². The molecule has 0 atom stereocenters. The minimum atomic E-state index is 0.457. The normalized spacial score (nSPS) is 12.9. The van der Waals surface area contributed by atoms with E-state index in [1.165, 1.54) is 31.2 Å². The van der Waals surface area contributed by atoms with Crippen LogP contribution in [0.1, 0.15) is 55.3 Å². The van der Waals surface area contributed by atoms with E-state index >= 15 is 0 Å². The van der Waals surface area contributed by atoms with Gasteiger partial charge in [0.05, 0.1) is 11.4 Å². The molecule has 0 saturated carbocycles. The predicted molar refractivity (Wildman–Crippen MR) is 108 cm³/mol. The van der Waals surface area contributed by atoms with Crippen LogP contribution in [-0.4, -0.2) is 25.5 Å². The molecule has 0 amide bonds. The largest absolute Gasteiger partial charge is 0.282 e. The topological polar surface area (TPSA) is 56.0 Å². The Bertz CT molecular complexity index is 976. The zero-order chi connectivity index (χ0) is 18.6. The summed E-state index contributed by atoms with van der Waals surface area (Å²) in [6.07, 6.45) is 7.69. The number of fused-ring (bicyclic) bond motifs is 3. The van der Waals surface area contributed by atoms with Crippen molar-refractivity contribution in [3.63, 3.8) is 0 Å². The zero-order valence-corrected chi connectivity index (χ0v) is 16.2. The molecule has 0 aliphatic carbocycles. The first-order chi connectivity index (χ1) is 13.3. The molecule has 4 rings (SSSR count). The predicted octanol–water partition coefficient (Wildman–Crippen LogP) is 4.79. The smallest absolute Gasteiger partial charge is 0.159 e. The number of aryl methyl sites for hydroxylation is 1. The maximum absolute atomic E-state index is 6.24. The number of hydrogen-bond acceptors (Lipinski definition) is 4. The van der Waals surface area contributed by atoms with Crippen molar-refractivity contribution in [2.75, 3.05) is 0 Å². The Morgan fingerprint density at radius 1 is 1.07 bits per heavy atom. The lowest BCUT2D eigenvalue weighted by Crippen LogP contribution is -2.12. The molecule has 0 N–H and O–H groups in total. The van der Waals surface area contributed by atoms with Crippen LogP contribution in [0.25, 0.3) is 5.69 Å². The molecular formula is C21H22ClN5. The molecule has 0 unspecified atom stereocenters. The average molecular weight is 380 g/mol. The van der Waals surface area contributed by atoms with Crippen LogP contribution in [0.5, 0.6) is 0 Å². The fourth-order valence-corrected chi connectivity index (χ4v) is 3.66. The Labute approximate surface area is 164 Å². The standard InChI is InChI=1S/C21H22ClN5/c1-2-3-4-5-8-15-9-6-7-10-16(15)20-21-17(11-12-18(22)25-21)27-14-24-26-19(27)13-23-20/h6-7,9-12,14H,2-5,8,13H2,1H3. The number of nitrogens with zero attached hydrogens (tertiary/aromatic N) is 5. The molecule has 0 saturated heterocycles. The van der Waals surface area contributed by atoms with Gasteiger partial charge in [0.25, 0.3) is 0 Å². The Morgan fingerprint density at radius 2 is 1.96 bits per heavy atom. The molecule has 0 fully saturated rings. The lowest BCUT2D eigenvalue weighted by Gasteiger charge is -2.14. The molecular weight excluding hydrogens is 358 g/mol. The molecule has 3 heterocycles. The molecule has 1 aromatic carbocycles. The third-order valence-corrected chi connectivity index (χ3v) is 5.10. The Hall–Kier alpha value is -2.53. The number of rotatable bonds is 6. The maximum Gasteiger partial charge on any atom is 0.159 e. The lowest BCUT2D eigenvalue weighted by atomic mass is 9.95. The van der Waals surface area contributed by atoms with E-state index in [0.29, 0.717) is 11.7 Å². The highest BCUT2D eigenvalue weighted by atomic mass is 35.5. The molecule has 1 aliphatic heterocycles. The van der Waals surface area contributed by atoms with E-state index in [2.05, 4.69) is 46.4 Å². The van der Waals surface area contributed by atoms with Crippen LogP contribution in [0.4, 0.5) is 0 Å². The maximum atomic E-state index is 6.24. The molecule has 5 nitrogen and oxygen atoms in total. The monoisotopic (exact) mass is 379 g/mol. The van der Waals surface area contributed by atoms with Gasteiger partial charge in [0.2, 0.25) is 0 Å². The number of unbranched alkanes of at least 4 members (excludes halogenated alkanes) is 3. The second-order valence-electron chi connectivity index (χ2n) is 6.75. The van der Waals surface area contributed by atoms with Gasteiger partial charge in [-0.25, -0.2) is 4.98 Å². The molecule has 1 aliphatic rings. The summed E-state index contributed by atoms with van der Waals surface area (Å²) in [6, 6.07) is 12.2. The van der Waals surface area contributed by atoms with Crippen LogP contribution in [0.2, 0.25) is 5.15 Å². The third kappa shape index (κ3) is 3.65. The minimum absolute atomic E-state index is 0.457. The van der Waals surface area contributed by atoms with E-state index in [9.17, 15) is 0 Å². The summed E-state index contributed by atoms with van der Waals surface area (Å²) in [6.45, 7) is 2.70. The highest BCUT2D eigenvalue weighted by Crippen LogP contribution is 2.26. The Morgan fingerprint density at radius 3 is 2.85 bits per heavy atom. The highest BCUT2D eigenvalue weighted by molar-refractivity contribution is 6.30. The van der Waals surface area contributed by atoms with E-state index in [1.807, 2.05) is 10.6 Å². The van der Waals surface area contributed by atoms with Crippen molar-refractivity contribution < 1.29 is 0 Å². The van der Waals surface area contributed by atoms with Gasteiger partial charge in [-0.15, -0.1) is 10.2 Å². The van der Waals surface area contributed by atoms with Crippen LogP contribution in [0.15, 0.2) is 47.7 Å². The van der Waals surface area contributed by atoms with E-state index in [-0.39, 0.29) is 0 Å². The number of aliphatic imine (C=N–C) groups is 1. The lowest BCUT2D eigenvalue weighted by molar-refractivity contribution is 0.666. The number of halogens is 1. The van der Waals surface area contributed by atoms with E-state index in [4.69, 9.17) is 16.6 Å². The molecule has 138 valence electrons. The van der Waals surface area contributed by atoms with Crippen molar-refractivity contribution in [3.8, 4) is 5.69 Å². The number of hydrogen-bond donors (Lipinski definition) is 0. The van der Waals surface area contributed by atoms with E-state index in [0.717, 1.165) is 34.9 Å². The first kappa shape index (κ1) is 17.9. The molecule has 3 aromatic rings. The van der Waals surface area contributed by atoms with E-state index < -0.39 is 0 Å². The van der Waals surface area contributed by atoms with Crippen molar-refractivity contribution in [3.05, 3.63) is 70.5 Å². The van der Waals surface area contributed by atoms with Gasteiger partial charge in [0, 0.05) is 5.56 Å². The second-order valence-corrected chi connectivity index (χ2v) is 7.14. The molecule has 0 bridgehead atoms. The van der Waals surface area contributed by atoms with Crippen LogP contribution in [0.3, 0.4) is 0 Å². The molecule has 2 aromatic heterocycles. The van der Waals surface area contributed by atoms with Gasteiger partial charge in [-0.05, 0) is 30.5 Å². The summed E-state index contributed by atoms with van der Waals surface area (Å²) >= 11 is 6.24. The number of benzene rings is 1. The van der Waals surface area contributed by atoms with Gasteiger partial charge in [0.15, 0.2) is 5.82 Å². The average Bonchev–Trinajstić information content (AvgIpc) is 3.09. The molecule has 0 spiro atoms. The number of aromatic nitrogens is 4. The Kier molecular flexibility index (Phi) is 5.30. The molecule has 6 heteroatoms. The van der Waals surface area contributed by atoms with Crippen LogP contribution in [0, 0.1) is 0 Å². The fraction of sp³-hybridized carbons (Fsp3) is 0.333. The van der Waals surface area contributed by atoms with Gasteiger partial charge in [-0.3, -0.25) is 9.56 Å². The second kappa shape index (κ2) is 8.01. The van der Waals surface area contributed by atoms with Crippen LogP contribution < -0.4 is 0 Å². The Balaban J connectivity index is 1.77. The zero-order valence-electron chi connectivity index (χ0n) is 15.4. The number of pyridine rings is 1. The van der Waals surface area contributed by atoms with E-state index in [1.54, 1.807) is 12.4 Å². The SMILES string of the molecule is CCCCCCc1ccccc1C1=NCc2nncn2-c2ccc(Cl)nc21. The molecule has 27 heavy (non-hydrogen) atoms. The molecule has 0 radical (unpaired) electrons. The summed E-state index contributed by atoms with van der Waals surface area (Å²) in [5.41, 5.74) is 5.00. The summed E-state index contributed by atoms with van der Waals surface area (Å²) in [5, 5.41) is 8.68. The van der Waals surface area contributed by atoms with Crippen molar-refractivity contribution in [2.24, 2.45) is 4.99 Å². The summed E-state index contributed by atoms with van der Waals surface area (Å²) < 4.78 is 1.94. The summed E-state index contributed by atoms with van der Waals surface area (Å²) in [7, 11) is 0. The van der Waals surface area contributed by atoms with Gasteiger partial charge >= 0.3 is 0 Å². The summed E-state index contributed by atoms with van der Waals surface area (Å²) in [4.78, 5) is 9.49. The van der Waals surface area contributed by atoms with Gasteiger partial charge in [-0.2, -0.15) is 0 Å². The van der Waals surface area contributed by atoms with Crippen molar-refractivity contribution in [1.82, 2.24) is 19.7 Å².